The quantitative estimate of drug-likeness (QED) is 0.745. The van der Waals surface area contributed by atoms with Gasteiger partial charge >= 0.3 is 6.09 Å². The SMILES string of the molecule is CCC(C)NCC(=O)Nc1ccc(NC(=O)OC)cc1. The first-order chi connectivity index (χ1) is 9.55. The average Bonchev–Trinajstić information content (AvgIpc) is 2.46. The number of carbonyl (C=O) groups is 2. The van der Waals surface area contributed by atoms with Crippen molar-refractivity contribution < 1.29 is 14.3 Å². The van der Waals surface area contributed by atoms with Crippen molar-refractivity contribution in [3.63, 3.8) is 0 Å². The van der Waals surface area contributed by atoms with Gasteiger partial charge in [-0.3, -0.25) is 10.1 Å². The Labute approximate surface area is 118 Å². The van der Waals surface area contributed by atoms with Crippen LogP contribution in [0.5, 0.6) is 0 Å². The number of carbonyl (C=O) groups excluding carboxylic acids is 2. The molecule has 3 N–H and O–H groups in total. The molecule has 0 aliphatic carbocycles. The van der Waals surface area contributed by atoms with E-state index in [2.05, 4.69) is 27.6 Å². The zero-order valence-electron chi connectivity index (χ0n) is 12.0. The smallest absolute Gasteiger partial charge is 0.411 e. The first-order valence-electron chi connectivity index (χ1n) is 6.53. The molecule has 0 aliphatic heterocycles. The number of methoxy groups -OCH3 is 1. The molecule has 0 heterocycles. The van der Waals surface area contributed by atoms with Gasteiger partial charge in [-0.25, -0.2) is 4.79 Å². The lowest BCUT2D eigenvalue weighted by molar-refractivity contribution is -0.115. The molecular formula is C14H21N3O3. The lowest BCUT2D eigenvalue weighted by Crippen LogP contribution is -2.33. The van der Waals surface area contributed by atoms with E-state index in [9.17, 15) is 9.59 Å². The zero-order chi connectivity index (χ0) is 15.0. The first-order valence-corrected chi connectivity index (χ1v) is 6.53. The molecule has 0 saturated heterocycles. The van der Waals surface area contributed by atoms with Gasteiger partial charge in [0.05, 0.1) is 13.7 Å². The van der Waals surface area contributed by atoms with Crippen molar-refractivity contribution in [3.05, 3.63) is 24.3 Å². The highest BCUT2D eigenvalue weighted by molar-refractivity contribution is 5.92. The third kappa shape index (κ3) is 5.71. The third-order valence-corrected chi connectivity index (χ3v) is 2.82. The topological polar surface area (TPSA) is 79.5 Å². The number of nitrogens with one attached hydrogen (secondary N) is 3. The van der Waals surface area contributed by atoms with Crippen molar-refractivity contribution in [1.82, 2.24) is 5.32 Å². The van der Waals surface area contributed by atoms with Crippen LogP contribution in [0.3, 0.4) is 0 Å². The monoisotopic (exact) mass is 279 g/mol. The van der Waals surface area contributed by atoms with E-state index in [1.54, 1.807) is 24.3 Å². The molecule has 20 heavy (non-hydrogen) atoms. The molecule has 110 valence electrons. The van der Waals surface area contributed by atoms with Gasteiger partial charge in [0.1, 0.15) is 0 Å². The highest BCUT2D eigenvalue weighted by atomic mass is 16.5. The number of hydrogen-bond acceptors (Lipinski definition) is 4. The van der Waals surface area contributed by atoms with Gasteiger partial charge in [-0.15, -0.1) is 0 Å². The van der Waals surface area contributed by atoms with Crippen molar-refractivity contribution in [1.29, 1.82) is 0 Å². The molecule has 1 rings (SSSR count). The Kier molecular flexibility index (Phi) is 6.52. The van der Waals surface area contributed by atoms with Gasteiger partial charge in [-0.1, -0.05) is 6.92 Å². The molecule has 6 nitrogen and oxygen atoms in total. The van der Waals surface area contributed by atoms with Gasteiger partial charge in [-0.05, 0) is 37.6 Å². The second kappa shape index (κ2) is 8.16. The summed E-state index contributed by atoms with van der Waals surface area (Å²) >= 11 is 0. The second-order valence-electron chi connectivity index (χ2n) is 4.43. The summed E-state index contributed by atoms with van der Waals surface area (Å²) in [6.07, 6.45) is 0.445. The fourth-order valence-corrected chi connectivity index (χ4v) is 1.42. The molecule has 0 saturated carbocycles. The minimum atomic E-state index is -0.528. The van der Waals surface area contributed by atoms with E-state index in [1.807, 2.05) is 6.92 Å². The van der Waals surface area contributed by atoms with Crippen LogP contribution < -0.4 is 16.0 Å². The summed E-state index contributed by atoms with van der Waals surface area (Å²) < 4.78 is 4.49. The molecule has 1 aromatic carbocycles. The van der Waals surface area contributed by atoms with E-state index in [0.717, 1.165) is 6.42 Å². The lowest BCUT2D eigenvalue weighted by Gasteiger charge is -2.11. The molecular weight excluding hydrogens is 258 g/mol. The van der Waals surface area contributed by atoms with Crippen LogP contribution in [-0.2, 0) is 9.53 Å². The molecule has 0 fully saturated rings. The molecule has 1 unspecified atom stereocenters. The molecule has 0 aliphatic rings. The standard InChI is InChI=1S/C14H21N3O3/c1-4-10(2)15-9-13(18)16-11-5-7-12(8-6-11)17-14(19)20-3/h5-8,10,15H,4,9H2,1-3H3,(H,16,18)(H,17,19). The molecule has 0 bridgehead atoms. The van der Waals surface area contributed by atoms with Gasteiger partial charge in [0.25, 0.3) is 0 Å². The second-order valence-corrected chi connectivity index (χ2v) is 4.43. The van der Waals surface area contributed by atoms with Gasteiger partial charge in [-0.2, -0.15) is 0 Å². The maximum absolute atomic E-state index is 11.7. The van der Waals surface area contributed by atoms with Crippen molar-refractivity contribution in [2.24, 2.45) is 0 Å². The van der Waals surface area contributed by atoms with Crippen LogP contribution >= 0.6 is 0 Å². The van der Waals surface area contributed by atoms with Gasteiger partial charge in [0.15, 0.2) is 0 Å². The van der Waals surface area contributed by atoms with Crippen molar-refractivity contribution in [2.75, 3.05) is 24.3 Å². The van der Waals surface area contributed by atoms with E-state index < -0.39 is 6.09 Å². The fraction of sp³-hybridized carbons (Fsp3) is 0.429. The van der Waals surface area contributed by atoms with Crippen LogP contribution in [0.25, 0.3) is 0 Å². The molecule has 0 radical (unpaired) electrons. The van der Waals surface area contributed by atoms with Gasteiger partial charge in [0.2, 0.25) is 5.91 Å². The maximum Gasteiger partial charge on any atom is 0.411 e. The van der Waals surface area contributed by atoms with E-state index in [0.29, 0.717) is 17.4 Å². The molecule has 1 aromatic rings. The number of ether oxygens (including phenoxy) is 1. The Morgan fingerprint density at radius 1 is 1.15 bits per heavy atom. The van der Waals surface area contributed by atoms with E-state index in [4.69, 9.17) is 0 Å². The summed E-state index contributed by atoms with van der Waals surface area (Å²) in [6.45, 7) is 4.36. The molecule has 6 heteroatoms. The Bertz CT molecular complexity index is 445. The zero-order valence-corrected chi connectivity index (χ0v) is 12.0. The minimum Gasteiger partial charge on any atom is -0.453 e. The normalized spacial score (nSPS) is 11.6. The van der Waals surface area contributed by atoms with Gasteiger partial charge < -0.3 is 15.4 Å². The largest absolute Gasteiger partial charge is 0.453 e. The first kappa shape index (κ1) is 16.0. The van der Waals surface area contributed by atoms with E-state index in [-0.39, 0.29) is 12.5 Å². The van der Waals surface area contributed by atoms with Crippen LogP contribution in [0.4, 0.5) is 16.2 Å². The number of rotatable bonds is 6. The summed E-state index contributed by atoms with van der Waals surface area (Å²) in [5.74, 6) is -0.0982. The minimum absolute atomic E-state index is 0.0982. The Morgan fingerprint density at radius 3 is 2.20 bits per heavy atom. The van der Waals surface area contributed by atoms with Crippen molar-refractivity contribution >= 4 is 23.4 Å². The molecule has 0 aromatic heterocycles. The predicted octanol–water partition coefficient (Wildman–Crippen LogP) is 2.19. The summed E-state index contributed by atoms with van der Waals surface area (Å²) in [6, 6.07) is 7.12. The number of benzene rings is 1. The van der Waals surface area contributed by atoms with Crippen LogP contribution in [0.1, 0.15) is 20.3 Å². The van der Waals surface area contributed by atoms with Gasteiger partial charge in [0, 0.05) is 17.4 Å². The third-order valence-electron chi connectivity index (χ3n) is 2.82. The van der Waals surface area contributed by atoms with E-state index >= 15 is 0 Å². The van der Waals surface area contributed by atoms with Crippen LogP contribution in [0.2, 0.25) is 0 Å². The fourth-order valence-electron chi connectivity index (χ4n) is 1.42. The number of amides is 2. The van der Waals surface area contributed by atoms with E-state index in [1.165, 1.54) is 7.11 Å². The summed E-state index contributed by atoms with van der Waals surface area (Å²) in [4.78, 5) is 22.7. The van der Waals surface area contributed by atoms with Crippen LogP contribution in [0, 0.1) is 0 Å². The maximum atomic E-state index is 11.7. The Hall–Kier alpha value is -2.08. The summed E-state index contributed by atoms with van der Waals surface area (Å²) in [7, 11) is 1.30. The number of hydrogen-bond donors (Lipinski definition) is 3. The van der Waals surface area contributed by atoms with Crippen LogP contribution in [-0.4, -0.2) is 31.7 Å². The van der Waals surface area contributed by atoms with Crippen molar-refractivity contribution in [3.8, 4) is 0 Å². The molecule has 1 atom stereocenters. The predicted molar refractivity (Wildman–Crippen MR) is 78.9 cm³/mol. The Morgan fingerprint density at radius 2 is 1.70 bits per heavy atom. The Balaban J connectivity index is 2.44. The molecule has 0 spiro atoms. The average molecular weight is 279 g/mol. The highest BCUT2D eigenvalue weighted by Crippen LogP contribution is 2.13. The summed E-state index contributed by atoms with van der Waals surface area (Å²) in [5.41, 5.74) is 1.28. The number of anilines is 2. The van der Waals surface area contributed by atoms with Crippen molar-refractivity contribution in [2.45, 2.75) is 26.3 Å². The summed E-state index contributed by atoms with van der Waals surface area (Å²) in [5, 5.41) is 8.42. The highest BCUT2D eigenvalue weighted by Gasteiger charge is 2.05. The molecule has 2 amide bonds. The van der Waals surface area contributed by atoms with Crippen LogP contribution in [0.15, 0.2) is 24.3 Å². The lowest BCUT2D eigenvalue weighted by atomic mass is 10.2.